The molecule has 6 nitrogen and oxygen atoms in total. The van der Waals surface area contributed by atoms with Gasteiger partial charge in [-0.2, -0.15) is 0 Å². The van der Waals surface area contributed by atoms with Crippen molar-refractivity contribution in [3.05, 3.63) is 77.6 Å². The third-order valence-corrected chi connectivity index (χ3v) is 6.01. The minimum Gasteiger partial charge on any atom is -0.541 e. The van der Waals surface area contributed by atoms with Crippen molar-refractivity contribution in [1.82, 2.24) is 4.98 Å². The summed E-state index contributed by atoms with van der Waals surface area (Å²) in [5.74, 6) is 1.26. The molecule has 0 aliphatic carbocycles. The lowest BCUT2D eigenvalue weighted by molar-refractivity contribution is 0.0526. The molecule has 0 bridgehead atoms. The van der Waals surface area contributed by atoms with Crippen molar-refractivity contribution < 1.29 is 18.7 Å². The van der Waals surface area contributed by atoms with Crippen molar-refractivity contribution in [2.45, 2.75) is 52.7 Å². The molecule has 185 valence electrons. The Hall–Kier alpha value is -3.32. The van der Waals surface area contributed by atoms with Gasteiger partial charge in [-0.15, -0.1) is 0 Å². The number of nitrogens with zero attached hydrogens (tertiary/aromatic N) is 2. The van der Waals surface area contributed by atoms with E-state index in [-0.39, 0.29) is 11.4 Å². The van der Waals surface area contributed by atoms with E-state index < -0.39 is 9.04 Å². The molecule has 0 aliphatic heterocycles. The van der Waals surface area contributed by atoms with E-state index in [4.69, 9.17) is 13.9 Å². The Bertz CT molecular complexity index is 1140. The fourth-order valence-electron chi connectivity index (χ4n) is 3.96. The molecule has 1 aromatic heterocycles. The highest BCUT2D eigenvalue weighted by molar-refractivity contribution is 6.49. The van der Waals surface area contributed by atoms with Crippen molar-refractivity contribution in [1.29, 1.82) is 0 Å². The van der Waals surface area contributed by atoms with Crippen LogP contribution in [0.5, 0.6) is 11.5 Å². The molecule has 35 heavy (non-hydrogen) atoms. The number of rotatable bonds is 9. The highest BCUT2D eigenvalue weighted by Crippen LogP contribution is 2.47. The topological polar surface area (TPSA) is 60.9 Å². The Morgan fingerprint density at radius 3 is 2.46 bits per heavy atom. The second-order valence-corrected chi connectivity index (χ2v) is 11.5. The van der Waals surface area contributed by atoms with Gasteiger partial charge in [0.2, 0.25) is 0 Å². The van der Waals surface area contributed by atoms with Crippen LogP contribution in [0.4, 0.5) is 11.4 Å². The molecule has 0 unspecified atom stereocenters. The molecule has 2 aromatic carbocycles. The van der Waals surface area contributed by atoms with E-state index in [1.165, 1.54) is 0 Å². The summed E-state index contributed by atoms with van der Waals surface area (Å²) in [5.41, 5.74) is 4.10. The fraction of sp³-hybridized carbons (Fsp3) is 0.357. The summed E-state index contributed by atoms with van der Waals surface area (Å²) in [7, 11) is 0.590. The molecule has 7 heteroatoms. The highest BCUT2D eigenvalue weighted by atomic mass is 28.3. The van der Waals surface area contributed by atoms with Gasteiger partial charge in [-0.05, 0) is 67.4 Å². The first kappa shape index (κ1) is 26.3. The molecular weight excluding hydrogens is 456 g/mol. The van der Waals surface area contributed by atoms with Gasteiger partial charge in [-0.1, -0.05) is 32.9 Å². The molecule has 3 rings (SSSR count). The number of methoxy groups -OCH3 is 1. The Balaban J connectivity index is 2.26. The van der Waals surface area contributed by atoms with Crippen LogP contribution in [0.1, 0.15) is 49.2 Å². The lowest BCUT2D eigenvalue weighted by Gasteiger charge is -2.33. The molecule has 0 saturated carbocycles. The van der Waals surface area contributed by atoms with E-state index in [1.807, 2.05) is 48.7 Å². The molecule has 0 amide bonds. The summed E-state index contributed by atoms with van der Waals surface area (Å²) in [6, 6.07) is 15.5. The molecule has 0 saturated heterocycles. The summed E-state index contributed by atoms with van der Waals surface area (Å²) in [5, 5.41) is 0. The number of anilines is 2. The molecular formula is C28H35N2O4Si. The van der Waals surface area contributed by atoms with Gasteiger partial charge in [0.05, 0.1) is 25.0 Å². The lowest BCUT2D eigenvalue weighted by Crippen LogP contribution is -2.24. The molecule has 0 fully saturated rings. The first-order chi connectivity index (χ1) is 16.7. The molecule has 0 N–H and O–H groups in total. The third-order valence-electron chi connectivity index (χ3n) is 5.40. The monoisotopic (exact) mass is 491 g/mol. The second kappa shape index (κ2) is 11.4. The summed E-state index contributed by atoms with van der Waals surface area (Å²) in [6.07, 6.45) is 3.61. The standard InChI is InChI=1S/C28H35N2O4Si/c1-8-33-27(31)21-12-9-13-22(17-21)30(19-20-11-10-16-29-18-20)23-14-15-24(32-5)25(28(2,3)4)26(23)34-35(6)7/h9-18H,8,19H2,1-7H3. The van der Waals surface area contributed by atoms with Crippen molar-refractivity contribution >= 4 is 26.4 Å². The zero-order chi connectivity index (χ0) is 25.6. The van der Waals surface area contributed by atoms with Gasteiger partial charge in [-0.25, -0.2) is 4.79 Å². The molecule has 0 aliphatic rings. The van der Waals surface area contributed by atoms with Crippen LogP contribution in [0.25, 0.3) is 0 Å². The number of pyridine rings is 1. The lowest BCUT2D eigenvalue weighted by atomic mass is 9.85. The smallest absolute Gasteiger partial charge is 0.338 e. The number of esters is 1. The number of ether oxygens (including phenoxy) is 2. The van der Waals surface area contributed by atoms with Crippen LogP contribution in [0.3, 0.4) is 0 Å². The van der Waals surface area contributed by atoms with Crippen LogP contribution >= 0.6 is 0 Å². The Kier molecular flexibility index (Phi) is 8.56. The van der Waals surface area contributed by atoms with E-state index in [0.717, 1.165) is 34.0 Å². The van der Waals surface area contributed by atoms with Crippen LogP contribution in [-0.4, -0.2) is 33.7 Å². The summed E-state index contributed by atoms with van der Waals surface area (Å²) >= 11 is 0. The average molecular weight is 492 g/mol. The first-order valence-electron chi connectivity index (χ1n) is 11.8. The Morgan fingerprint density at radius 2 is 1.86 bits per heavy atom. The van der Waals surface area contributed by atoms with Gasteiger partial charge >= 0.3 is 5.97 Å². The number of benzene rings is 2. The molecule has 0 atom stereocenters. The minimum atomic E-state index is -1.10. The van der Waals surface area contributed by atoms with Crippen LogP contribution in [0.2, 0.25) is 13.1 Å². The molecule has 3 aromatic rings. The van der Waals surface area contributed by atoms with E-state index in [2.05, 4.69) is 43.7 Å². The van der Waals surface area contributed by atoms with Gasteiger partial charge in [0.1, 0.15) is 11.5 Å². The van der Waals surface area contributed by atoms with E-state index in [0.29, 0.717) is 18.7 Å². The van der Waals surface area contributed by atoms with Crippen molar-refractivity contribution in [3.8, 4) is 11.5 Å². The Morgan fingerprint density at radius 1 is 1.09 bits per heavy atom. The van der Waals surface area contributed by atoms with Gasteiger partial charge in [-0.3, -0.25) is 4.98 Å². The SMILES string of the molecule is CCOC(=O)c1cccc(N(Cc2cccnc2)c2ccc(OC)c(C(C)(C)C)c2O[Si](C)C)c1. The molecule has 1 radical (unpaired) electrons. The first-order valence-corrected chi connectivity index (χ1v) is 14.2. The maximum Gasteiger partial charge on any atom is 0.338 e. The second-order valence-electron chi connectivity index (χ2n) is 9.47. The molecule has 1 heterocycles. The predicted molar refractivity (Wildman–Crippen MR) is 142 cm³/mol. The number of carbonyl (C=O) groups excluding carboxylic acids is 1. The summed E-state index contributed by atoms with van der Waals surface area (Å²) in [6.45, 7) is 13.4. The maximum atomic E-state index is 12.5. The van der Waals surface area contributed by atoms with E-state index in [1.54, 1.807) is 26.3 Å². The van der Waals surface area contributed by atoms with Gasteiger partial charge < -0.3 is 18.8 Å². The zero-order valence-corrected chi connectivity index (χ0v) is 22.7. The number of hydrogen-bond donors (Lipinski definition) is 0. The van der Waals surface area contributed by atoms with Crippen molar-refractivity contribution in [3.63, 3.8) is 0 Å². The zero-order valence-electron chi connectivity index (χ0n) is 21.7. The van der Waals surface area contributed by atoms with E-state index >= 15 is 0 Å². The van der Waals surface area contributed by atoms with Crippen LogP contribution in [0, 0.1) is 0 Å². The van der Waals surface area contributed by atoms with Crippen LogP contribution < -0.4 is 14.1 Å². The van der Waals surface area contributed by atoms with Gasteiger partial charge in [0.15, 0.2) is 0 Å². The van der Waals surface area contributed by atoms with Crippen LogP contribution in [-0.2, 0) is 16.7 Å². The van der Waals surface area contributed by atoms with E-state index in [9.17, 15) is 4.79 Å². The predicted octanol–water partition coefficient (Wildman–Crippen LogP) is 6.53. The number of carbonyl (C=O) groups is 1. The minimum absolute atomic E-state index is 0.221. The maximum absolute atomic E-state index is 12.5. The Labute approximate surface area is 210 Å². The largest absolute Gasteiger partial charge is 0.541 e. The third kappa shape index (κ3) is 6.42. The summed E-state index contributed by atoms with van der Waals surface area (Å²) < 4.78 is 17.6. The highest BCUT2D eigenvalue weighted by Gasteiger charge is 2.29. The van der Waals surface area contributed by atoms with Gasteiger partial charge in [0.25, 0.3) is 9.04 Å². The molecule has 0 spiro atoms. The number of aromatic nitrogens is 1. The van der Waals surface area contributed by atoms with Crippen molar-refractivity contribution in [2.75, 3.05) is 18.6 Å². The normalized spacial score (nSPS) is 11.3. The van der Waals surface area contributed by atoms with Crippen LogP contribution in [0.15, 0.2) is 60.9 Å². The number of hydrogen-bond acceptors (Lipinski definition) is 6. The van der Waals surface area contributed by atoms with Gasteiger partial charge in [0, 0.05) is 30.2 Å². The fourth-order valence-corrected chi connectivity index (χ4v) is 4.57. The van der Waals surface area contributed by atoms with Crippen molar-refractivity contribution in [2.24, 2.45) is 0 Å². The summed E-state index contributed by atoms with van der Waals surface area (Å²) in [4.78, 5) is 19.0. The average Bonchev–Trinajstić information content (AvgIpc) is 2.82. The quantitative estimate of drug-likeness (QED) is 0.250.